The van der Waals surface area contributed by atoms with Gasteiger partial charge in [0.25, 0.3) is 0 Å². The SMILES string of the molecule is CN1CCC(C(=O)Nc2n[nH]c3nc(-c4ccc(O)cc4)c(-c4ccccc4)cc23)CC1. The van der Waals surface area contributed by atoms with Crippen LogP contribution in [-0.2, 0) is 4.79 Å². The number of aromatic hydroxyl groups is 1. The van der Waals surface area contributed by atoms with E-state index >= 15 is 0 Å². The average Bonchev–Trinajstić information content (AvgIpc) is 3.21. The third kappa shape index (κ3) is 3.94. The molecule has 7 heteroatoms. The number of aromatic amines is 1. The molecule has 0 radical (unpaired) electrons. The van der Waals surface area contributed by atoms with Gasteiger partial charge in [0.15, 0.2) is 11.5 Å². The van der Waals surface area contributed by atoms with Crippen LogP contribution in [0.25, 0.3) is 33.4 Å². The van der Waals surface area contributed by atoms with Gasteiger partial charge >= 0.3 is 0 Å². The van der Waals surface area contributed by atoms with Crippen molar-refractivity contribution in [1.29, 1.82) is 0 Å². The quantitative estimate of drug-likeness (QED) is 0.452. The molecule has 32 heavy (non-hydrogen) atoms. The van der Waals surface area contributed by atoms with Gasteiger partial charge in [0.2, 0.25) is 5.91 Å². The molecule has 3 N–H and O–H groups in total. The van der Waals surface area contributed by atoms with Crippen LogP contribution in [-0.4, -0.2) is 51.2 Å². The zero-order valence-corrected chi connectivity index (χ0v) is 17.9. The van der Waals surface area contributed by atoms with Crippen molar-refractivity contribution in [3.05, 3.63) is 60.7 Å². The van der Waals surface area contributed by atoms with E-state index in [1.807, 2.05) is 48.5 Å². The Balaban J connectivity index is 1.55. The first kappa shape index (κ1) is 20.2. The normalized spacial score (nSPS) is 15.2. The van der Waals surface area contributed by atoms with E-state index in [1.165, 1.54) is 0 Å². The number of H-pyrrole nitrogens is 1. The van der Waals surface area contributed by atoms with Gasteiger partial charge in [0.05, 0.1) is 11.1 Å². The van der Waals surface area contributed by atoms with Gasteiger partial charge in [-0.25, -0.2) is 4.98 Å². The third-order valence-corrected chi connectivity index (χ3v) is 6.11. The number of rotatable bonds is 4. The molecule has 1 amide bonds. The van der Waals surface area contributed by atoms with Gasteiger partial charge in [0, 0.05) is 17.0 Å². The summed E-state index contributed by atoms with van der Waals surface area (Å²) in [6.45, 7) is 1.85. The molecule has 7 nitrogen and oxygen atoms in total. The monoisotopic (exact) mass is 427 g/mol. The minimum Gasteiger partial charge on any atom is -0.508 e. The highest BCUT2D eigenvalue weighted by Gasteiger charge is 2.25. The number of hydrogen-bond acceptors (Lipinski definition) is 5. The maximum Gasteiger partial charge on any atom is 0.228 e. The Morgan fingerprint density at radius 2 is 1.78 bits per heavy atom. The van der Waals surface area contributed by atoms with Crippen molar-refractivity contribution in [3.63, 3.8) is 0 Å². The maximum atomic E-state index is 12.9. The van der Waals surface area contributed by atoms with E-state index in [0.717, 1.165) is 53.7 Å². The van der Waals surface area contributed by atoms with Gasteiger partial charge in [-0.15, -0.1) is 0 Å². The Morgan fingerprint density at radius 3 is 2.50 bits per heavy atom. The van der Waals surface area contributed by atoms with Gasteiger partial charge in [0.1, 0.15) is 5.75 Å². The van der Waals surface area contributed by atoms with Gasteiger partial charge in [-0.2, -0.15) is 5.10 Å². The number of benzene rings is 2. The van der Waals surface area contributed by atoms with Crippen LogP contribution in [0.5, 0.6) is 5.75 Å². The fourth-order valence-corrected chi connectivity index (χ4v) is 4.21. The smallest absolute Gasteiger partial charge is 0.228 e. The summed E-state index contributed by atoms with van der Waals surface area (Å²) in [5, 5.41) is 20.8. The van der Waals surface area contributed by atoms with Crippen LogP contribution in [0.2, 0.25) is 0 Å². The van der Waals surface area contributed by atoms with Crippen molar-refractivity contribution in [2.75, 3.05) is 25.5 Å². The van der Waals surface area contributed by atoms with Crippen molar-refractivity contribution in [1.82, 2.24) is 20.1 Å². The number of amides is 1. The number of aromatic nitrogens is 3. The van der Waals surface area contributed by atoms with Crippen molar-refractivity contribution < 1.29 is 9.90 Å². The number of carbonyl (C=O) groups excluding carboxylic acids is 1. The summed E-state index contributed by atoms with van der Waals surface area (Å²) in [4.78, 5) is 20.0. The van der Waals surface area contributed by atoms with E-state index < -0.39 is 0 Å². The lowest BCUT2D eigenvalue weighted by molar-refractivity contribution is -0.121. The second kappa shape index (κ2) is 8.43. The standard InChI is InChI=1S/C25H25N5O2/c1-30-13-11-18(12-14-30)25(32)27-24-21-15-20(16-5-3-2-4-6-16)22(26-23(21)28-29-24)17-7-9-19(31)10-8-17/h2-10,15,18,31H,11-14H2,1H3,(H2,26,27,28,29,32). The number of likely N-dealkylation sites (tertiary alicyclic amines) is 1. The van der Waals surface area contributed by atoms with Crippen molar-refractivity contribution in [2.24, 2.45) is 5.92 Å². The molecule has 1 fully saturated rings. The molecule has 162 valence electrons. The minimum absolute atomic E-state index is 0.00391. The van der Waals surface area contributed by atoms with Crippen LogP contribution < -0.4 is 5.32 Å². The van der Waals surface area contributed by atoms with Crippen LogP contribution in [0.1, 0.15) is 12.8 Å². The van der Waals surface area contributed by atoms with Crippen molar-refractivity contribution in [2.45, 2.75) is 12.8 Å². The number of nitrogens with zero attached hydrogens (tertiary/aromatic N) is 3. The zero-order chi connectivity index (χ0) is 22.1. The van der Waals surface area contributed by atoms with Crippen molar-refractivity contribution >= 4 is 22.8 Å². The highest BCUT2D eigenvalue weighted by molar-refractivity contribution is 6.02. The van der Waals surface area contributed by atoms with E-state index in [9.17, 15) is 9.90 Å². The third-order valence-electron chi connectivity index (χ3n) is 6.11. The molecule has 0 unspecified atom stereocenters. The van der Waals surface area contributed by atoms with E-state index in [-0.39, 0.29) is 17.6 Å². The molecule has 2 aromatic heterocycles. The van der Waals surface area contributed by atoms with Crippen LogP contribution >= 0.6 is 0 Å². The van der Waals surface area contributed by atoms with E-state index in [0.29, 0.717) is 11.5 Å². The lowest BCUT2D eigenvalue weighted by Gasteiger charge is -2.27. The topological polar surface area (TPSA) is 94.1 Å². The van der Waals surface area contributed by atoms with Gasteiger partial charge in [-0.3, -0.25) is 9.89 Å². The van der Waals surface area contributed by atoms with Crippen LogP contribution in [0, 0.1) is 5.92 Å². The Kier molecular flexibility index (Phi) is 5.33. The molecule has 1 saturated heterocycles. The van der Waals surface area contributed by atoms with Crippen LogP contribution in [0.15, 0.2) is 60.7 Å². The molecule has 4 aromatic rings. The Labute approximate surface area is 186 Å². The molecule has 0 aliphatic carbocycles. The fourth-order valence-electron chi connectivity index (χ4n) is 4.21. The fraction of sp³-hybridized carbons (Fsp3) is 0.240. The lowest BCUT2D eigenvalue weighted by Crippen LogP contribution is -2.36. The molecule has 2 aromatic carbocycles. The molecule has 5 rings (SSSR count). The van der Waals surface area contributed by atoms with Gasteiger partial charge in [-0.1, -0.05) is 30.3 Å². The summed E-state index contributed by atoms with van der Waals surface area (Å²) in [5.41, 5.74) is 4.21. The molecule has 0 saturated carbocycles. The molecule has 0 bridgehead atoms. The molecule has 3 heterocycles. The highest BCUT2D eigenvalue weighted by Crippen LogP contribution is 2.35. The number of fused-ring (bicyclic) bond motifs is 1. The number of piperidine rings is 1. The average molecular weight is 428 g/mol. The summed E-state index contributed by atoms with van der Waals surface area (Å²) in [7, 11) is 2.08. The first-order valence-electron chi connectivity index (χ1n) is 10.8. The van der Waals surface area contributed by atoms with Crippen LogP contribution in [0.3, 0.4) is 0 Å². The van der Waals surface area contributed by atoms with Gasteiger partial charge in [-0.05, 0) is 68.9 Å². The predicted octanol–water partition coefficient (Wildman–Crippen LogP) is 4.28. The number of carbonyl (C=O) groups is 1. The predicted molar refractivity (Wildman–Crippen MR) is 125 cm³/mol. The van der Waals surface area contributed by atoms with Gasteiger partial charge < -0.3 is 15.3 Å². The summed E-state index contributed by atoms with van der Waals surface area (Å²) >= 11 is 0. The first-order chi connectivity index (χ1) is 15.6. The molecule has 0 atom stereocenters. The Morgan fingerprint density at radius 1 is 1.06 bits per heavy atom. The Bertz CT molecular complexity index is 1240. The summed E-state index contributed by atoms with van der Waals surface area (Å²) in [6.07, 6.45) is 1.70. The summed E-state index contributed by atoms with van der Waals surface area (Å²) in [5.74, 6) is 0.716. The molecular weight excluding hydrogens is 402 g/mol. The second-order valence-electron chi connectivity index (χ2n) is 8.33. The number of phenols is 1. The second-order valence-corrected chi connectivity index (χ2v) is 8.33. The highest BCUT2D eigenvalue weighted by atomic mass is 16.3. The van der Waals surface area contributed by atoms with E-state index in [4.69, 9.17) is 4.98 Å². The van der Waals surface area contributed by atoms with E-state index in [2.05, 4.69) is 27.5 Å². The number of nitrogens with one attached hydrogen (secondary N) is 2. The number of hydrogen-bond donors (Lipinski definition) is 3. The summed E-state index contributed by atoms with van der Waals surface area (Å²) in [6, 6.07) is 19.0. The number of phenolic OH excluding ortho intramolecular Hbond substituents is 1. The first-order valence-corrected chi connectivity index (χ1v) is 10.8. The largest absolute Gasteiger partial charge is 0.508 e. The molecule has 1 aliphatic rings. The number of anilines is 1. The minimum atomic E-state index is -0.00391. The van der Waals surface area contributed by atoms with E-state index in [1.54, 1.807) is 12.1 Å². The molecule has 0 spiro atoms. The molecule has 1 aliphatic heterocycles. The zero-order valence-electron chi connectivity index (χ0n) is 17.9. The Hall–Kier alpha value is -3.71. The summed E-state index contributed by atoms with van der Waals surface area (Å²) < 4.78 is 0. The maximum absolute atomic E-state index is 12.9. The molecular formula is C25H25N5O2. The van der Waals surface area contributed by atoms with Crippen LogP contribution in [0.4, 0.5) is 5.82 Å². The van der Waals surface area contributed by atoms with Crippen molar-refractivity contribution in [3.8, 4) is 28.1 Å². The number of pyridine rings is 1. The lowest BCUT2D eigenvalue weighted by atomic mass is 9.96.